The molecule has 0 N–H and O–H groups in total. The van der Waals surface area contributed by atoms with E-state index in [2.05, 4.69) is 14.5 Å². The maximum Gasteiger partial charge on any atom is 0.362 e. The molecule has 0 fully saturated rings. The summed E-state index contributed by atoms with van der Waals surface area (Å²) >= 11 is 1.20. The summed E-state index contributed by atoms with van der Waals surface area (Å²) in [5, 5.41) is 0.234. The maximum atomic E-state index is 11.0. The van der Waals surface area contributed by atoms with Crippen LogP contribution in [0.1, 0.15) is 0 Å². The van der Waals surface area contributed by atoms with Crippen molar-refractivity contribution in [2.24, 2.45) is 4.99 Å². The zero-order valence-electron chi connectivity index (χ0n) is 7.27. The lowest BCUT2D eigenvalue weighted by Crippen LogP contribution is -2.20. The summed E-state index contributed by atoms with van der Waals surface area (Å²) in [6.45, 7) is 0. The average Bonchev–Trinajstić information content (AvgIpc) is 2.64. The molecule has 13 heavy (non-hydrogen) atoms. The van der Waals surface area contributed by atoms with Gasteiger partial charge in [-0.15, -0.1) is 0 Å². The van der Waals surface area contributed by atoms with Gasteiger partial charge in [0, 0.05) is 5.75 Å². The second-order valence-electron chi connectivity index (χ2n) is 2.28. The summed E-state index contributed by atoms with van der Waals surface area (Å²) in [6.07, 6.45) is 0. The minimum Gasteiger partial charge on any atom is -0.467 e. The molecule has 6 heteroatoms. The van der Waals surface area contributed by atoms with Gasteiger partial charge < -0.3 is 9.47 Å². The molecule has 0 amide bonds. The topological polar surface area (TPSA) is 65.0 Å². The zero-order valence-corrected chi connectivity index (χ0v) is 8.09. The first-order valence-electron chi connectivity index (χ1n) is 3.55. The molecule has 1 rings (SSSR count). The molecule has 0 saturated heterocycles. The predicted octanol–water partition coefficient (Wildman–Crippen LogP) is -0.154. The first-order valence-corrected chi connectivity index (χ1v) is 4.54. The van der Waals surface area contributed by atoms with E-state index >= 15 is 0 Å². The monoisotopic (exact) mass is 203 g/mol. The van der Waals surface area contributed by atoms with Crippen LogP contribution in [0.4, 0.5) is 0 Å². The third-order valence-electron chi connectivity index (χ3n) is 1.48. The molecule has 0 saturated carbocycles. The lowest BCUT2D eigenvalue weighted by Gasteiger charge is -2.00. The Morgan fingerprint density at radius 2 is 2.15 bits per heavy atom. The standard InChI is InChI=1S/C7H9NO4S/c1-11-6(9)4-3-13-5(8-4)7(10)12-2/h4H,3H2,1-2H3. The fraction of sp³-hybridized carbons (Fsp3) is 0.571. The van der Waals surface area contributed by atoms with Gasteiger partial charge in [0.2, 0.25) is 0 Å². The molecule has 1 aliphatic heterocycles. The van der Waals surface area contributed by atoms with E-state index in [-0.39, 0.29) is 5.04 Å². The van der Waals surface area contributed by atoms with E-state index in [4.69, 9.17) is 0 Å². The van der Waals surface area contributed by atoms with Gasteiger partial charge in [-0.05, 0) is 0 Å². The fourth-order valence-corrected chi connectivity index (χ4v) is 1.76. The lowest BCUT2D eigenvalue weighted by molar-refractivity contribution is -0.141. The van der Waals surface area contributed by atoms with E-state index in [0.29, 0.717) is 5.75 Å². The average molecular weight is 203 g/mol. The molecule has 0 aromatic carbocycles. The summed E-state index contributed by atoms with van der Waals surface area (Å²) < 4.78 is 8.94. The fourth-order valence-electron chi connectivity index (χ4n) is 0.830. The Morgan fingerprint density at radius 1 is 1.46 bits per heavy atom. The zero-order chi connectivity index (χ0) is 9.84. The lowest BCUT2D eigenvalue weighted by atomic mass is 10.4. The minimum atomic E-state index is -0.566. The highest BCUT2D eigenvalue weighted by atomic mass is 32.2. The van der Waals surface area contributed by atoms with E-state index in [1.54, 1.807) is 0 Å². The van der Waals surface area contributed by atoms with Crippen LogP contribution in [-0.4, -0.2) is 43.0 Å². The molecule has 0 aliphatic carbocycles. The van der Waals surface area contributed by atoms with Gasteiger partial charge in [0.25, 0.3) is 0 Å². The van der Waals surface area contributed by atoms with Gasteiger partial charge >= 0.3 is 11.9 Å². The Bertz CT molecular complexity index is 263. The first kappa shape index (κ1) is 10.0. The second kappa shape index (κ2) is 4.27. The highest BCUT2D eigenvalue weighted by Crippen LogP contribution is 2.19. The van der Waals surface area contributed by atoms with Crippen molar-refractivity contribution in [2.75, 3.05) is 20.0 Å². The smallest absolute Gasteiger partial charge is 0.362 e. The summed E-state index contributed by atoms with van der Waals surface area (Å²) in [6, 6.07) is -0.566. The summed E-state index contributed by atoms with van der Waals surface area (Å²) in [5.41, 5.74) is 0. The van der Waals surface area contributed by atoms with Crippen molar-refractivity contribution in [1.82, 2.24) is 0 Å². The van der Waals surface area contributed by atoms with Crippen LogP contribution in [0.5, 0.6) is 0 Å². The molecule has 72 valence electrons. The predicted molar refractivity (Wildman–Crippen MR) is 47.7 cm³/mol. The first-order chi connectivity index (χ1) is 6.19. The summed E-state index contributed by atoms with van der Waals surface area (Å²) in [4.78, 5) is 25.8. The number of hydrogen-bond donors (Lipinski definition) is 0. The van der Waals surface area contributed by atoms with Crippen molar-refractivity contribution in [3.05, 3.63) is 0 Å². The molecule has 1 unspecified atom stereocenters. The normalized spacial score (nSPS) is 20.8. The number of methoxy groups -OCH3 is 2. The van der Waals surface area contributed by atoms with E-state index in [9.17, 15) is 9.59 Å². The van der Waals surface area contributed by atoms with Gasteiger partial charge in [0.15, 0.2) is 11.1 Å². The Labute approximate surface area is 79.5 Å². The van der Waals surface area contributed by atoms with Crippen molar-refractivity contribution < 1.29 is 19.1 Å². The SMILES string of the molecule is COC(=O)C1=NC(C(=O)OC)CS1. The van der Waals surface area contributed by atoms with Crippen LogP contribution in [0.25, 0.3) is 0 Å². The Morgan fingerprint density at radius 3 is 2.69 bits per heavy atom. The minimum absolute atomic E-state index is 0.234. The number of aliphatic imine (C=N–C) groups is 1. The third kappa shape index (κ3) is 2.21. The summed E-state index contributed by atoms with van der Waals surface area (Å²) in [7, 11) is 2.57. The van der Waals surface area contributed by atoms with Crippen molar-refractivity contribution in [3.63, 3.8) is 0 Å². The van der Waals surface area contributed by atoms with Crippen molar-refractivity contribution in [1.29, 1.82) is 0 Å². The van der Waals surface area contributed by atoms with Gasteiger partial charge in [-0.3, -0.25) is 4.99 Å². The van der Waals surface area contributed by atoms with Gasteiger partial charge in [-0.25, -0.2) is 9.59 Å². The van der Waals surface area contributed by atoms with Crippen LogP contribution in [-0.2, 0) is 19.1 Å². The molecule has 0 spiro atoms. The molecule has 5 nitrogen and oxygen atoms in total. The van der Waals surface area contributed by atoms with Gasteiger partial charge in [-0.2, -0.15) is 0 Å². The van der Waals surface area contributed by atoms with Gasteiger partial charge in [-0.1, -0.05) is 11.8 Å². The third-order valence-corrected chi connectivity index (χ3v) is 2.51. The van der Waals surface area contributed by atoms with E-state index < -0.39 is 18.0 Å². The molecule has 0 aromatic heterocycles. The van der Waals surface area contributed by atoms with Crippen LogP contribution < -0.4 is 0 Å². The quantitative estimate of drug-likeness (QED) is 0.584. The number of carbonyl (C=O) groups is 2. The highest BCUT2D eigenvalue weighted by Gasteiger charge is 2.29. The van der Waals surface area contributed by atoms with Crippen LogP contribution in [0, 0.1) is 0 Å². The van der Waals surface area contributed by atoms with Gasteiger partial charge in [0.05, 0.1) is 14.2 Å². The van der Waals surface area contributed by atoms with Crippen LogP contribution in [0.15, 0.2) is 4.99 Å². The van der Waals surface area contributed by atoms with Crippen LogP contribution >= 0.6 is 11.8 Å². The Kier molecular flexibility index (Phi) is 3.30. The molecule has 0 aromatic rings. The van der Waals surface area contributed by atoms with Crippen LogP contribution in [0.2, 0.25) is 0 Å². The van der Waals surface area contributed by atoms with E-state index in [0.717, 1.165) is 0 Å². The number of esters is 2. The largest absolute Gasteiger partial charge is 0.467 e. The molecule has 1 heterocycles. The highest BCUT2D eigenvalue weighted by molar-refractivity contribution is 8.16. The number of ether oxygens (including phenoxy) is 2. The molecule has 1 atom stereocenters. The van der Waals surface area contributed by atoms with Crippen molar-refractivity contribution in [3.8, 4) is 0 Å². The van der Waals surface area contributed by atoms with Gasteiger partial charge in [0.1, 0.15) is 0 Å². The van der Waals surface area contributed by atoms with E-state index in [1.165, 1.54) is 26.0 Å². The molecular weight excluding hydrogens is 194 g/mol. The molecule has 1 aliphatic rings. The number of carbonyl (C=O) groups excluding carboxylic acids is 2. The molecule has 0 radical (unpaired) electrons. The van der Waals surface area contributed by atoms with Crippen LogP contribution in [0.3, 0.4) is 0 Å². The Hall–Kier alpha value is -1.04. The summed E-state index contributed by atoms with van der Waals surface area (Å²) in [5.74, 6) is -0.486. The van der Waals surface area contributed by atoms with E-state index in [1.807, 2.05) is 0 Å². The van der Waals surface area contributed by atoms with Crippen molar-refractivity contribution >= 4 is 28.7 Å². The number of rotatable bonds is 2. The molecule has 0 bridgehead atoms. The number of hydrogen-bond acceptors (Lipinski definition) is 6. The Balaban J connectivity index is 2.63. The van der Waals surface area contributed by atoms with Crippen molar-refractivity contribution in [2.45, 2.75) is 6.04 Å². The second-order valence-corrected chi connectivity index (χ2v) is 3.28. The number of thioether (sulfide) groups is 1. The number of nitrogens with zero attached hydrogens (tertiary/aromatic N) is 1. The maximum absolute atomic E-state index is 11.0. The molecular formula is C7H9NO4S.